The van der Waals surface area contributed by atoms with Gasteiger partial charge in [0.2, 0.25) is 0 Å². The van der Waals surface area contributed by atoms with E-state index in [4.69, 9.17) is 9.15 Å². The predicted molar refractivity (Wildman–Crippen MR) is 94.7 cm³/mol. The van der Waals surface area contributed by atoms with E-state index in [1.165, 1.54) is 11.5 Å². The molecule has 2 heterocycles. The molecule has 2 aromatic heterocycles. The molecule has 0 aliphatic heterocycles. The molecule has 1 amide bonds. The van der Waals surface area contributed by atoms with Gasteiger partial charge in [-0.15, -0.1) is 5.10 Å². The van der Waals surface area contributed by atoms with Crippen molar-refractivity contribution in [3.05, 3.63) is 64.1 Å². The average Bonchev–Trinajstić information content (AvgIpc) is 3.19. The lowest BCUT2D eigenvalue weighted by Crippen LogP contribution is -2.26. The fraction of sp³-hybridized carbons (Fsp3) is 0.278. The van der Waals surface area contributed by atoms with Gasteiger partial charge in [0, 0.05) is 12.6 Å². The van der Waals surface area contributed by atoms with Crippen LogP contribution in [0.1, 0.15) is 32.4 Å². The zero-order valence-corrected chi connectivity index (χ0v) is 15.2. The molecule has 0 aliphatic rings. The highest BCUT2D eigenvalue weighted by Gasteiger charge is 2.21. The molecule has 0 N–H and O–H groups in total. The van der Waals surface area contributed by atoms with Crippen LogP contribution in [0.4, 0.5) is 0 Å². The normalized spacial score (nSPS) is 10.7. The molecule has 3 rings (SSSR count). The summed E-state index contributed by atoms with van der Waals surface area (Å²) < 4.78 is 15.3. The highest BCUT2D eigenvalue weighted by molar-refractivity contribution is 7.05. The third-order valence-corrected chi connectivity index (χ3v) is 4.57. The molecule has 1 aromatic carbocycles. The van der Waals surface area contributed by atoms with E-state index >= 15 is 0 Å². The molecule has 0 spiro atoms. The number of aromatic nitrogens is 2. The van der Waals surface area contributed by atoms with Crippen molar-refractivity contribution in [3.63, 3.8) is 0 Å². The van der Waals surface area contributed by atoms with Gasteiger partial charge in [0.25, 0.3) is 5.91 Å². The molecular weight excluding hydrogens is 338 g/mol. The van der Waals surface area contributed by atoms with Gasteiger partial charge in [0.1, 0.15) is 18.1 Å². The minimum absolute atomic E-state index is 0.170. The van der Waals surface area contributed by atoms with Crippen molar-refractivity contribution >= 4 is 17.4 Å². The highest BCUT2D eigenvalue weighted by atomic mass is 32.1. The third kappa shape index (κ3) is 4.06. The zero-order chi connectivity index (χ0) is 17.8. The van der Waals surface area contributed by atoms with Gasteiger partial charge < -0.3 is 14.1 Å². The highest BCUT2D eigenvalue weighted by Crippen LogP contribution is 2.20. The largest absolute Gasteiger partial charge is 0.486 e. The van der Waals surface area contributed by atoms with Crippen LogP contribution in [0.2, 0.25) is 0 Å². The van der Waals surface area contributed by atoms with Crippen molar-refractivity contribution < 1.29 is 13.9 Å². The Hall–Kier alpha value is -2.67. The first-order valence-corrected chi connectivity index (χ1v) is 8.62. The van der Waals surface area contributed by atoms with Crippen molar-refractivity contribution in [2.24, 2.45) is 0 Å². The molecule has 7 heteroatoms. The van der Waals surface area contributed by atoms with Crippen molar-refractivity contribution in [2.45, 2.75) is 27.0 Å². The van der Waals surface area contributed by atoms with Crippen LogP contribution in [0, 0.1) is 13.8 Å². The van der Waals surface area contributed by atoms with E-state index in [-0.39, 0.29) is 12.5 Å². The van der Waals surface area contributed by atoms with Crippen LogP contribution in [0.15, 0.2) is 40.8 Å². The summed E-state index contributed by atoms with van der Waals surface area (Å²) in [7, 11) is 1.74. The van der Waals surface area contributed by atoms with Crippen LogP contribution in [0.3, 0.4) is 0 Å². The van der Waals surface area contributed by atoms with Crippen LogP contribution in [-0.2, 0) is 13.2 Å². The molecule has 0 atom stereocenters. The molecule has 6 nitrogen and oxygen atoms in total. The third-order valence-electron chi connectivity index (χ3n) is 3.76. The number of hydrogen-bond acceptors (Lipinski definition) is 6. The van der Waals surface area contributed by atoms with Crippen LogP contribution >= 0.6 is 11.5 Å². The lowest BCUT2D eigenvalue weighted by Gasteiger charge is -2.15. The van der Waals surface area contributed by atoms with Gasteiger partial charge in [0.15, 0.2) is 5.76 Å². The monoisotopic (exact) mass is 357 g/mol. The Morgan fingerprint density at radius 2 is 2.04 bits per heavy atom. The Balaban J connectivity index is 1.66. The van der Waals surface area contributed by atoms with Crippen molar-refractivity contribution in [3.8, 4) is 5.75 Å². The Labute approximate surface area is 150 Å². The number of carbonyl (C=O) groups excluding carboxylic acids is 1. The number of nitrogens with zero attached hydrogens (tertiary/aromatic N) is 3. The summed E-state index contributed by atoms with van der Waals surface area (Å²) >= 11 is 1.30. The lowest BCUT2D eigenvalue weighted by molar-refractivity contribution is 0.0749. The SMILES string of the molecule is Cc1cc(COc2ccccc2)oc1C(=O)N(C)Cc1snnc1C. The number of amides is 1. The summed E-state index contributed by atoms with van der Waals surface area (Å²) in [5.41, 5.74) is 1.64. The Morgan fingerprint density at radius 3 is 2.72 bits per heavy atom. The minimum Gasteiger partial charge on any atom is -0.486 e. The number of carbonyl (C=O) groups is 1. The zero-order valence-electron chi connectivity index (χ0n) is 14.4. The van der Waals surface area contributed by atoms with E-state index < -0.39 is 0 Å². The molecular formula is C18H19N3O3S. The van der Waals surface area contributed by atoms with Crippen LogP contribution < -0.4 is 4.74 Å². The van der Waals surface area contributed by atoms with Gasteiger partial charge in [-0.25, -0.2) is 0 Å². The second-order valence-corrected chi connectivity index (χ2v) is 6.61. The maximum Gasteiger partial charge on any atom is 0.289 e. The summed E-state index contributed by atoms with van der Waals surface area (Å²) in [5, 5.41) is 3.97. The van der Waals surface area contributed by atoms with Crippen LogP contribution in [0.5, 0.6) is 5.75 Å². The summed E-state index contributed by atoms with van der Waals surface area (Å²) in [4.78, 5) is 15.2. The van der Waals surface area contributed by atoms with Gasteiger partial charge in [-0.05, 0) is 43.6 Å². The number of para-hydroxylation sites is 1. The number of ether oxygens (including phenoxy) is 1. The molecule has 0 unspecified atom stereocenters. The minimum atomic E-state index is -0.170. The standard InChI is InChI=1S/C18H19N3O3S/c1-12-9-15(11-23-14-7-5-4-6-8-14)24-17(12)18(22)21(3)10-16-13(2)19-20-25-16/h4-9H,10-11H2,1-3H3. The molecule has 0 aliphatic carbocycles. The second kappa shape index (κ2) is 7.48. The fourth-order valence-corrected chi connectivity index (χ4v) is 3.05. The number of rotatable bonds is 6. The van der Waals surface area contributed by atoms with Crippen LogP contribution in [-0.4, -0.2) is 27.4 Å². The van der Waals surface area contributed by atoms with Gasteiger partial charge >= 0.3 is 0 Å². The van der Waals surface area contributed by atoms with Crippen molar-refractivity contribution in [2.75, 3.05) is 7.05 Å². The molecule has 3 aromatic rings. The first-order valence-electron chi connectivity index (χ1n) is 7.85. The quantitative estimate of drug-likeness (QED) is 0.674. The van der Waals surface area contributed by atoms with Gasteiger partial charge in [-0.2, -0.15) is 0 Å². The Kier molecular flexibility index (Phi) is 5.14. The van der Waals surface area contributed by atoms with E-state index in [0.29, 0.717) is 18.1 Å². The molecule has 0 bridgehead atoms. The average molecular weight is 357 g/mol. The van der Waals surface area contributed by atoms with Crippen LogP contribution in [0.25, 0.3) is 0 Å². The van der Waals surface area contributed by atoms with E-state index in [0.717, 1.165) is 21.9 Å². The van der Waals surface area contributed by atoms with Gasteiger partial charge in [0.05, 0.1) is 17.1 Å². The lowest BCUT2D eigenvalue weighted by atomic mass is 10.2. The molecule has 25 heavy (non-hydrogen) atoms. The van der Waals surface area contributed by atoms with Crippen molar-refractivity contribution in [1.82, 2.24) is 14.5 Å². The Morgan fingerprint density at radius 1 is 1.28 bits per heavy atom. The summed E-state index contributed by atoms with van der Waals surface area (Å²) in [6.45, 7) is 4.47. The molecule has 130 valence electrons. The first-order chi connectivity index (χ1) is 12.0. The van der Waals surface area contributed by atoms with Gasteiger partial charge in [-0.3, -0.25) is 4.79 Å². The topological polar surface area (TPSA) is 68.5 Å². The predicted octanol–water partition coefficient (Wildman–Crippen LogP) is 3.60. The summed E-state index contributed by atoms with van der Waals surface area (Å²) in [6.07, 6.45) is 0. The van der Waals surface area contributed by atoms with E-state index in [2.05, 4.69) is 9.59 Å². The second-order valence-electron chi connectivity index (χ2n) is 5.77. The number of hydrogen-bond donors (Lipinski definition) is 0. The van der Waals surface area contributed by atoms with E-state index in [1.54, 1.807) is 11.9 Å². The summed E-state index contributed by atoms with van der Waals surface area (Å²) in [5.74, 6) is 1.55. The van der Waals surface area contributed by atoms with E-state index in [9.17, 15) is 4.79 Å². The number of aryl methyl sites for hydroxylation is 2. The Bertz CT molecular complexity index is 858. The van der Waals surface area contributed by atoms with E-state index in [1.807, 2.05) is 50.2 Å². The maximum atomic E-state index is 12.6. The number of benzene rings is 1. The van der Waals surface area contributed by atoms with Crippen molar-refractivity contribution in [1.29, 1.82) is 0 Å². The number of furan rings is 1. The first kappa shape index (κ1) is 17.2. The molecule has 0 fully saturated rings. The van der Waals surface area contributed by atoms with Gasteiger partial charge in [-0.1, -0.05) is 22.7 Å². The summed E-state index contributed by atoms with van der Waals surface area (Å²) in [6, 6.07) is 11.3. The fourth-order valence-electron chi connectivity index (χ4n) is 2.36. The molecule has 0 saturated heterocycles. The molecule has 0 radical (unpaired) electrons. The maximum absolute atomic E-state index is 12.6. The smallest absolute Gasteiger partial charge is 0.289 e. The molecule has 0 saturated carbocycles.